The first-order chi connectivity index (χ1) is 14.2. The van der Waals surface area contributed by atoms with Crippen LogP contribution in [-0.2, 0) is 20.3 Å². The molecular weight excluding hydrogens is 412 g/mol. The third kappa shape index (κ3) is 6.96. The van der Waals surface area contributed by atoms with E-state index in [4.69, 9.17) is 4.74 Å². The summed E-state index contributed by atoms with van der Waals surface area (Å²) in [6.07, 6.45) is 0.181. The summed E-state index contributed by atoms with van der Waals surface area (Å²) in [6.45, 7) is 1.74. The van der Waals surface area contributed by atoms with Crippen molar-refractivity contribution in [2.75, 3.05) is 18.9 Å². The number of non-ortho nitro benzene ring substituents is 1. The van der Waals surface area contributed by atoms with Gasteiger partial charge in [0.05, 0.1) is 28.6 Å². The molecule has 1 amide bonds. The Hall–Kier alpha value is -3.27. The van der Waals surface area contributed by atoms with Crippen molar-refractivity contribution in [3.8, 4) is 0 Å². The van der Waals surface area contributed by atoms with Crippen molar-refractivity contribution in [3.63, 3.8) is 0 Å². The molecule has 0 bridgehead atoms. The van der Waals surface area contributed by atoms with Gasteiger partial charge in [-0.05, 0) is 25.0 Å². The van der Waals surface area contributed by atoms with Gasteiger partial charge in [0.25, 0.3) is 11.6 Å². The number of carbonyl (C=O) groups excluding carboxylic acids is 2. The van der Waals surface area contributed by atoms with Gasteiger partial charge in [-0.2, -0.15) is 0 Å². The number of esters is 1. The predicted octanol–water partition coefficient (Wildman–Crippen LogP) is 2.51. The summed E-state index contributed by atoms with van der Waals surface area (Å²) in [4.78, 5) is 34.6. The summed E-state index contributed by atoms with van der Waals surface area (Å²) in [6, 6.07) is 12.0. The van der Waals surface area contributed by atoms with Gasteiger partial charge >= 0.3 is 5.97 Å². The molecule has 0 spiro atoms. The maximum Gasteiger partial charge on any atom is 0.338 e. The fraction of sp³-hybridized carbons (Fsp3) is 0.300. The van der Waals surface area contributed by atoms with Gasteiger partial charge in [0, 0.05) is 24.2 Å². The normalized spacial score (nSPS) is 11.0. The van der Waals surface area contributed by atoms with Crippen LogP contribution < -0.4 is 5.32 Å². The highest BCUT2D eigenvalue weighted by Gasteiger charge is 2.19. The van der Waals surface area contributed by atoms with Gasteiger partial charge in [-0.15, -0.1) is 0 Å². The van der Waals surface area contributed by atoms with Crippen LogP contribution in [0.15, 0.2) is 48.5 Å². The minimum Gasteiger partial charge on any atom is -0.462 e. The number of carbonyl (C=O) groups is 2. The van der Waals surface area contributed by atoms with Crippen molar-refractivity contribution >= 4 is 27.4 Å². The molecule has 0 unspecified atom stereocenters. The third-order valence-corrected chi connectivity index (χ3v) is 5.73. The lowest BCUT2D eigenvalue weighted by Gasteiger charge is -2.08. The highest BCUT2D eigenvalue weighted by Crippen LogP contribution is 2.18. The quantitative estimate of drug-likeness (QED) is 0.263. The summed E-state index contributed by atoms with van der Waals surface area (Å²) in [5.74, 6) is -1.63. The molecule has 0 saturated carbocycles. The van der Waals surface area contributed by atoms with E-state index in [0.717, 1.165) is 12.1 Å². The second kappa shape index (κ2) is 10.5. The molecular formula is C20H22N2O7S. The lowest BCUT2D eigenvalue weighted by molar-refractivity contribution is -0.384. The number of sulfone groups is 1. The van der Waals surface area contributed by atoms with Crippen LogP contribution in [0.5, 0.6) is 0 Å². The zero-order valence-corrected chi connectivity index (χ0v) is 17.2. The van der Waals surface area contributed by atoms with Crippen LogP contribution >= 0.6 is 0 Å². The molecule has 0 saturated heterocycles. The molecule has 1 N–H and O–H groups in total. The van der Waals surface area contributed by atoms with E-state index in [9.17, 15) is 28.1 Å². The van der Waals surface area contributed by atoms with E-state index in [0.29, 0.717) is 5.56 Å². The van der Waals surface area contributed by atoms with Crippen LogP contribution in [0.3, 0.4) is 0 Å². The number of hydrogen-bond donors (Lipinski definition) is 1. The van der Waals surface area contributed by atoms with Gasteiger partial charge < -0.3 is 10.1 Å². The molecule has 0 radical (unpaired) electrons. The van der Waals surface area contributed by atoms with Crippen molar-refractivity contribution in [1.29, 1.82) is 0 Å². The number of amides is 1. The molecule has 10 heteroatoms. The number of nitro benzene ring substituents is 1. The van der Waals surface area contributed by atoms with Gasteiger partial charge in [-0.1, -0.05) is 30.3 Å². The lowest BCUT2D eigenvalue weighted by Crippen LogP contribution is -2.26. The molecule has 0 aliphatic heterocycles. The van der Waals surface area contributed by atoms with E-state index in [-0.39, 0.29) is 42.2 Å². The average Bonchev–Trinajstić information content (AvgIpc) is 2.71. The molecule has 0 aliphatic rings. The summed E-state index contributed by atoms with van der Waals surface area (Å²) < 4.78 is 29.2. The number of nitro groups is 1. The standard InChI is InChI=1S/C20H22N2O7S/c1-2-29-20(24)17-11-16(12-18(13-17)22(25)26)19(23)21-9-6-10-30(27,28)14-15-7-4-3-5-8-15/h3-5,7-8,11-13H,2,6,9-10,14H2,1H3,(H,21,23). The average molecular weight is 434 g/mol. The fourth-order valence-electron chi connectivity index (χ4n) is 2.68. The molecule has 2 aromatic carbocycles. The number of benzene rings is 2. The number of nitrogens with one attached hydrogen (secondary N) is 1. The zero-order chi connectivity index (χ0) is 22.1. The van der Waals surface area contributed by atoms with Crippen molar-refractivity contribution in [2.24, 2.45) is 0 Å². The lowest BCUT2D eigenvalue weighted by atomic mass is 10.1. The minimum atomic E-state index is -3.34. The van der Waals surface area contributed by atoms with Gasteiger partial charge in [0.2, 0.25) is 0 Å². The van der Waals surface area contributed by atoms with Crippen LogP contribution in [0.1, 0.15) is 39.6 Å². The summed E-state index contributed by atoms with van der Waals surface area (Å²) in [5.41, 5.74) is 0.0711. The van der Waals surface area contributed by atoms with Crippen molar-refractivity contribution in [3.05, 3.63) is 75.3 Å². The molecule has 2 rings (SSSR count). The zero-order valence-electron chi connectivity index (χ0n) is 16.4. The first-order valence-corrected chi connectivity index (χ1v) is 11.0. The Labute approximate surface area is 174 Å². The Kier molecular flexibility index (Phi) is 8.05. The second-order valence-electron chi connectivity index (χ2n) is 6.43. The SMILES string of the molecule is CCOC(=O)c1cc(C(=O)NCCCS(=O)(=O)Cc2ccccc2)cc([N+](=O)[O-])c1. The Morgan fingerprint density at radius 1 is 1.10 bits per heavy atom. The Balaban J connectivity index is 1.97. The van der Waals surface area contributed by atoms with Crippen molar-refractivity contribution in [1.82, 2.24) is 5.32 Å². The highest BCUT2D eigenvalue weighted by molar-refractivity contribution is 7.90. The fourth-order valence-corrected chi connectivity index (χ4v) is 4.11. The maximum absolute atomic E-state index is 12.3. The molecule has 0 aliphatic carbocycles. The molecule has 2 aromatic rings. The van der Waals surface area contributed by atoms with E-state index in [1.165, 1.54) is 6.07 Å². The second-order valence-corrected chi connectivity index (χ2v) is 8.62. The van der Waals surface area contributed by atoms with Crippen LogP contribution in [0.2, 0.25) is 0 Å². The highest BCUT2D eigenvalue weighted by atomic mass is 32.2. The van der Waals surface area contributed by atoms with E-state index in [1.807, 2.05) is 0 Å². The van der Waals surface area contributed by atoms with E-state index in [1.54, 1.807) is 37.3 Å². The Morgan fingerprint density at radius 2 is 1.77 bits per heavy atom. The van der Waals surface area contributed by atoms with Gasteiger partial charge in [0.15, 0.2) is 9.84 Å². The molecule has 30 heavy (non-hydrogen) atoms. The van der Waals surface area contributed by atoms with Crippen molar-refractivity contribution < 1.29 is 27.7 Å². The molecule has 0 heterocycles. The monoisotopic (exact) mass is 434 g/mol. The summed E-state index contributed by atoms with van der Waals surface area (Å²) in [5, 5.41) is 13.6. The first kappa shape index (κ1) is 23.0. The van der Waals surface area contributed by atoms with Crippen molar-refractivity contribution in [2.45, 2.75) is 19.1 Å². The molecule has 0 fully saturated rings. The Bertz CT molecular complexity index is 1020. The number of ether oxygens (including phenoxy) is 1. The third-order valence-electron chi connectivity index (χ3n) is 4.05. The predicted molar refractivity (Wildman–Crippen MR) is 110 cm³/mol. The number of rotatable bonds is 10. The molecule has 9 nitrogen and oxygen atoms in total. The summed E-state index contributed by atoms with van der Waals surface area (Å²) in [7, 11) is -3.34. The van der Waals surface area contributed by atoms with Crippen LogP contribution in [0.4, 0.5) is 5.69 Å². The molecule has 160 valence electrons. The first-order valence-electron chi connectivity index (χ1n) is 9.21. The van der Waals surface area contributed by atoms with Gasteiger partial charge in [0.1, 0.15) is 0 Å². The van der Waals surface area contributed by atoms with Crippen LogP contribution in [-0.4, -0.2) is 44.1 Å². The van der Waals surface area contributed by atoms with E-state index < -0.39 is 32.3 Å². The number of hydrogen-bond acceptors (Lipinski definition) is 7. The minimum absolute atomic E-state index is 0.0598. The van der Waals surface area contributed by atoms with E-state index in [2.05, 4.69) is 5.32 Å². The van der Waals surface area contributed by atoms with Gasteiger partial charge in [-0.3, -0.25) is 14.9 Å². The van der Waals surface area contributed by atoms with Crippen LogP contribution in [0, 0.1) is 10.1 Å². The maximum atomic E-state index is 12.3. The van der Waals surface area contributed by atoms with Gasteiger partial charge in [-0.25, -0.2) is 13.2 Å². The van der Waals surface area contributed by atoms with E-state index >= 15 is 0 Å². The summed E-state index contributed by atoms with van der Waals surface area (Å²) >= 11 is 0. The largest absolute Gasteiger partial charge is 0.462 e. The Morgan fingerprint density at radius 3 is 2.40 bits per heavy atom. The topological polar surface area (TPSA) is 133 Å². The number of nitrogens with zero attached hydrogens (tertiary/aromatic N) is 1. The molecule has 0 aromatic heterocycles. The molecule has 0 atom stereocenters. The van der Waals surface area contributed by atoms with Crippen LogP contribution in [0.25, 0.3) is 0 Å². The smallest absolute Gasteiger partial charge is 0.338 e.